The summed E-state index contributed by atoms with van der Waals surface area (Å²) in [5.41, 5.74) is -2.22. The molecule has 1 aromatic heterocycles. The molecular formula is C21H23F5N4O3S. The second kappa shape index (κ2) is 10.8. The van der Waals surface area contributed by atoms with Crippen LogP contribution in [0.15, 0.2) is 30.5 Å². The lowest BCUT2D eigenvalue weighted by Gasteiger charge is -2.16. The van der Waals surface area contributed by atoms with Crippen molar-refractivity contribution in [1.82, 2.24) is 10.3 Å². The van der Waals surface area contributed by atoms with E-state index in [2.05, 4.69) is 15.6 Å². The van der Waals surface area contributed by atoms with Crippen LogP contribution in [0.1, 0.15) is 43.0 Å². The first-order chi connectivity index (χ1) is 15.7. The summed E-state index contributed by atoms with van der Waals surface area (Å²) in [5, 5.41) is 5.16. The van der Waals surface area contributed by atoms with E-state index in [4.69, 9.17) is 0 Å². The molecule has 34 heavy (non-hydrogen) atoms. The van der Waals surface area contributed by atoms with E-state index in [0.717, 1.165) is 42.8 Å². The molecule has 2 aromatic rings. The molecule has 0 saturated heterocycles. The number of halogens is 5. The van der Waals surface area contributed by atoms with Gasteiger partial charge in [0.1, 0.15) is 11.5 Å². The first kappa shape index (κ1) is 27.0. The number of benzene rings is 1. The molecule has 13 heteroatoms. The van der Waals surface area contributed by atoms with Crippen molar-refractivity contribution in [2.45, 2.75) is 32.5 Å². The zero-order valence-corrected chi connectivity index (χ0v) is 19.2. The lowest BCUT2D eigenvalue weighted by Crippen LogP contribution is -2.25. The van der Waals surface area contributed by atoms with Crippen molar-refractivity contribution in [2.24, 2.45) is 0 Å². The summed E-state index contributed by atoms with van der Waals surface area (Å²) in [6.45, 7) is 3.57. The lowest BCUT2D eigenvalue weighted by molar-refractivity contribution is -0.137. The van der Waals surface area contributed by atoms with Crippen LogP contribution in [0.2, 0.25) is 0 Å². The summed E-state index contributed by atoms with van der Waals surface area (Å²) in [4.78, 5) is 16.2. The minimum absolute atomic E-state index is 0.0292. The third-order valence-corrected chi connectivity index (χ3v) is 5.02. The monoisotopic (exact) mass is 506 g/mol. The standard InChI is InChI=1S/C21H23F5N4O3S/c1-4-8-27-20-14(15(7-9-28-20)21(24,25)26)5-6-18(31)29-12(2)13-10-16(22)19(17(23)11-13)30-34(3,32)33/h5-7,9-12,30H,4,8H2,1-3H3,(H,27,28)(H,29,31)/t12-/m1/s1. The molecular weight excluding hydrogens is 483 g/mol. The average molecular weight is 506 g/mol. The van der Waals surface area contributed by atoms with Crippen LogP contribution in [0.3, 0.4) is 0 Å². The third kappa shape index (κ3) is 7.40. The summed E-state index contributed by atoms with van der Waals surface area (Å²) < 4.78 is 92.8. The first-order valence-corrected chi connectivity index (χ1v) is 11.9. The van der Waals surface area contributed by atoms with Gasteiger partial charge in [0, 0.05) is 24.4 Å². The predicted molar refractivity (Wildman–Crippen MR) is 118 cm³/mol. The number of anilines is 2. The molecule has 0 fully saturated rings. The highest BCUT2D eigenvalue weighted by Gasteiger charge is 2.34. The second-order valence-corrected chi connectivity index (χ2v) is 9.09. The molecule has 7 nitrogen and oxygen atoms in total. The van der Waals surface area contributed by atoms with Gasteiger partial charge in [-0.1, -0.05) is 6.92 Å². The number of amides is 1. The van der Waals surface area contributed by atoms with Gasteiger partial charge in [-0.25, -0.2) is 22.2 Å². The Kier molecular flexibility index (Phi) is 8.59. The van der Waals surface area contributed by atoms with Gasteiger partial charge in [-0.2, -0.15) is 13.2 Å². The molecule has 1 heterocycles. The summed E-state index contributed by atoms with van der Waals surface area (Å²) in [7, 11) is -3.93. The van der Waals surface area contributed by atoms with Gasteiger partial charge in [-0.15, -0.1) is 0 Å². The fourth-order valence-electron chi connectivity index (χ4n) is 2.90. The van der Waals surface area contributed by atoms with E-state index < -0.39 is 51.0 Å². The molecule has 0 saturated carbocycles. The number of hydrogen-bond donors (Lipinski definition) is 3. The van der Waals surface area contributed by atoms with Gasteiger partial charge in [0.25, 0.3) is 0 Å². The van der Waals surface area contributed by atoms with E-state index in [1.54, 1.807) is 4.72 Å². The second-order valence-electron chi connectivity index (χ2n) is 7.34. The molecule has 0 aliphatic rings. The third-order valence-electron chi connectivity index (χ3n) is 4.45. The summed E-state index contributed by atoms with van der Waals surface area (Å²) in [5.74, 6) is -3.28. The van der Waals surface area contributed by atoms with Crippen LogP contribution in [0.25, 0.3) is 6.08 Å². The Hall–Kier alpha value is -3.22. The van der Waals surface area contributed by atoms with Gasteiger partial charge in [-0.05, 0) is 43.2 Å². The summed E-state index contributed by atoms with van der Waals surface area (Å²) in [6.07, 6.45) is -0.519. The molecule has 0 unspecified atom stereocenters. The van der Waals surface area contributed by atoms with E-state index in [-0.39, 0.29) is 16.9 Å². The van der Waals surface area contributed by atoms with Crippen LogP contribution in [0.5, 0.6) is 0 Å². The zero-order chi connectivity index (χ0) is 25.7. The number of nitrogens with one attached hydrogen (secondary N) is 3. The zero-order valence-electron chi connectivity index (χ0n) is 18.4. The van der Waals surface area contributed by atoms with E-state index in [0.29, 0.717) is 13.0 Å². The Bertz CT molecular complexity index is 1160. The maximum atomic E-state index is 14.2. The van der Waals surface area contributed by atoms with Crippen molar-refractivity contribution in [1.29, 1.82) is 0 Å². The molecule has 3 N–H and O–H groups in total. The molecule has 186 valence electrons. The molecule has 0 aliphatic heterocycles. The van der Waals surface area contributed by atoms with E-state index in [9.17, 15) is 35.2 Å². The minimum atomic E-state index is -4.69. The number of nitrogens with zero attached hydrogens (tertiary/aromatic N) is 1. The van der Waals surface area contributed by atoms with E-state index in [1.807, 2.05) is 6.92 Å². The molecule has 0 bridgehead atoms. The Morgan fingerprint density at radius 2 is 1.82 bits per heavy atom. The van der Waals surface area contributed by atoms with Crippen molar-refractivity contribution in [3.63, 3.8) is 0 Å². The lowest BCUT2D eigenvalue weighted by atomic mass is 10.1. The van der Waals surface area contributed by atoms with Gasteiger partial charge in [0.15, 0.2) is 11.6 Å². The minimum Gasteiger partial charge on any atom is -0.370 e. The topological polar surface area (TPSA) is 100 Å². The van der Waals surface area contributed by atoms with Crippen LogP contribution < -0.4 is 15.4 Å². The molecule has 0 radical (unpaired) electrons. The summed E-state index contributed by atoms with van der Waals surface area (Å²) >= 11 is 0. The van der Waals surface area contributed by atoms with Crippen LogP contribution in [0, 0.1) is 11.6 Å². The van der Waals surface area contributed by atoms with Crippen molar-refractivity contribution >= 4 is 33.5 Å². The number of carbonyl (C=O) groups is 1. The van der Waals surface area contributed by atoms with Crippen LogP contribution in [-0.4, -0.2) is 32.1 Å². The highest BCUT2D eigenvalue weighted by molar-refractivity contribution is 7.92. The predicted octanol–water partition coefficient (Wildman–Crippen LogP) is 4.46. The highest BCUT2D eigenvalue weighted by Crippen LogP contribution is 2.35. The van der Waals surface area contributed by atoms with Crippen LogP contribution in [-0.2, 0) is 21.0 Å². The number of sulfonamides is 1. The number of pyridine rings is 1. The van der Waals surface area contributed by atoms with Gasteiger partial charge >= 0.3 is 6.18 Å². The van der Waals surface area contributed by atoms with Gasteiger partial charge in [0.2, 0.25) is 15.9 Å². The number of carbonyl (C=O) groups excluding carboxylic acids is 1. The van der Waals surface area contributed by atoms with Crippen molar-refractivity contribution < 1.29 is 35.2 Å². The first-order valence-electron chi connectivity index (χ1n) is 9.98. The average Bonchev–Trinajstić information content (AvgIpc) is 2.71. The number of aromatic nitrogens is 1. The quantitative estimate of drug-likeness (QED) is 0.345. The highest BCUT2D eigenvalue weighted by atomic mass is 32.2. The summed E-state index contributed by atoms with van der Waals surface area (Å²) in [6, 6.07) is 1.50. The largest absolute Gasteiger partial charge is 0.417 e. The Labute approximate surface area is 193 Å². The Morgan fingerprint density at radius 3 is 2.35 bits per heavy atom. The Balaban J connectivity index is 2.25. The maximum absolute atomic E-state index is 14.2. The van der Waals surface area contributed by atoms with Gasteiger partial charge < -0.3 is 10.6 Å². The van der Waals surface area contributed by atoms with E-state index >= 15 is 0 Å². The molecule has 2 rings (SSSR count). The normalized spacial score (nSPS) is 13.1. The van der Waals surface area contributed by atoms with Gasteiger partial charge in [-0.3, -0.25) is 9.52 Å². The molecule has 1 amide bonds. The van der Waals surface area contributed by atoms with E-state index in [1.165, 1.54) is 6.92 Å². The van der Waals surface area contributed by atoms with Crippen molar-refractivity contribution in [3.8, 4) is 0 Å². The van der Waals surface area contributed by atoms with Crippen molar-refractivity contribution in [2.75, 3.05) is 22.8 Å². The fraction of sp³-hybridized carbons (Fsp3) is 0.333. The molecule has 0 aliphatic carbocycles. The number of hydrogen-bond acceptors (Lipinski definition) is 5. The van der Waals surface area contributed by atoms with Crippen LogP contribution in [0.4, 0.5) is 33.5 Å². The molecule has 0 spiro atoms. The molecule has 1 atom stereocenters. The Morgan fingerprint density at radius 1 is 1.21 bits per heavy atom. The smallest absolute Gasteiger partial charge is 0.370 e. The fourth-order valence-corrected chi connectivity index (χ4v) is 3.47. The van der Waals surface area contributed by atoms with Gasteiger partial charge in [0.05, 0.1) is 17.9 Å². The number of alkyl halides is 3. The van der Waals surface area contributed by atoms with Crippen LogP contribution >= 0.6 is 0 Å². The molecule has 1 aromatic carbocycles. The SMILES string of the molecule is CCCNc1nccc(C(F)(F)F)c1C=CC(=O)N[C@H](C)c1cc(F)c(NS(C)(=O)=O)c(F)c1. The number of rotatable bonds is 9. The van der Waals surface area contributed by atoms with Crippen molar-refractivity contribution in [3.05, 3.63) is 58.8 Å². The maximum Gasteiger partial charge on any atom is 0.417 e.